The maximum atomic E-state index is 11.0. The molecule has 1 N–H and O–H groups in total. The maximum Gasteiger partial charge on any atom is 0.327 e. The van der Waals surface area contributed by atoms with Crippen LogP contribution in [-0.2, 0) is 9.63 Å². The molecule has 0 aliphatic rings. The second-order valence-corrected chi connectivity index (χ2v) is 3.00. The zero-order valence-corrected chi connectivity index (χ0v) is 7.68. The molecule has 0 saturated heterocycles. The summed E-state index contributed by atoms with van der Waals surface area (Å²) in [6.07, 6.45) is 0.818. The van der Waals surface area contributed by atoms with Crippen LogP contribution in [0.1, 0.15) is 34.1 Å². The first-order valence-corrected chi connectivity index (χ1v) is 4.04. The van der Waals surface area contributed by atoms with Gasteiger partial charge in [-0.1, -0.05) is 13.8 Å². The fourth-order valence-corrected chi connectivity index (χ4v) is 0.443. The lowest BCUT2D eigenvalue weighted by Gasteiger charge is -2.11. The average molecular weight is 159 g/mol. The largest absolute Gasteiger partial charge is 0.370 e. The van der Waals surface area contributed by atoms with E-state index in [2.05, 4.69) is 5.48 Å². The van der Waals surface area contributed by atoms with E-state index in [-0.39, 0.29) is 17.9 Å². The molecule has 0 rings (SSSR count). The quantitative estimate of drug-likeness (QED) is 0.631. The average Bonchev–Trinajstić information content (AvgIpc) is 1.98. The highest BCUT2D eigenvalue weighted by molar-refractivity contribution is 5.71. The number of hydroxylamine groups is 1. The molecule has 0 spiro atoms. The molecule has 0 fully saturated rings. The Kier molecular flexibility index (Phi) is 4.86. The van der Waals surface area contributed by atoms with Crippen molar-refractivity contribution in [3.8, 4) is 0 Å². The van der Waals surface area contributed by atoms with Crippen molar-refractivity contribution in [1.82, 2.24) is 5.48 Å². The summed E-state index contributed by atoms with van der Waals surface area (Å²) >= 11 is 0. The number of hydrogen-bond acceptors (Lipinski definition) is 3. The Morgan fingerprint density at radius 3 is 2.36 bits per heavy atom. The first-order valence-electron chi connectivity index (χ1n) is 4.04. The molecule has 0 aromatic carbocycles. The number of carbonyl (C=O) groups excluding carboxylic acids is 1. The first-order chi connectivity index (χ1) is 5.07. The lowest BCUT2D eigenvalue weighted by Crippen LogP contribution is -2.29. The third-order valence-electron chi connectivity index (χ3n) is 1.41. The summed E-state index contributed by atoms with van der Waals surface area (Å²) in [6.45, 7) is 7.65. The SMILES string of the molecule is CCC(C)C(=O)ONC(C)C. The van der Waals surface area contributed by atoms with E-state index in [0.29, 0.717) is 0 Å². The molecule has 0 aromatic rings. The number of rotatable bonds is 4. The molecule has 0 aliphatic heterocycles. The monoisotopic (exact) mass is 159 g/mol. The molecule has 0 saturated carbocycles. The summed E-state index contributed by atoms with van der Waals surface area (Å²) in [5.41, 5.74) is 2.61. The van der Waals surface area contributed by atoms with E-state index in [9.17, 15) is 4.79 Å². The minimum Gasteiger partial charge on any atom is -0.370 e. The van der Waals surface area contributed by atoms with Crippen molar-refractivity contribution in [1.29, 1.82) is 0 Å². The summed E-state index contributed by atoms with van der Waals surface area (Å²) in [4.78, 5) is 15.8. The van der Waals surface area contributed by atoms with Gasteiger partial charge in [0.1, 0.15) is 0 Å². The van der Waals surface area contributed by atoms with Crippen LogP contribution in [0.2, 0.25) is 0 Å². The van der Waals surface area contributed by atoms with Crippen molar-refractivity contribution < 1.29 is 9.63 Å². The first kappa shape index (κ1) is 10.4. The molecule has 0 aromatic heterocycles. The highest BCUT2D eigenvalue weighted by Gasteiger charge is 2.11. The summed E-state index contributed by atoms with van der Waals surface area (Å²) in [6, 6.07) is 0.183. The summed E-state index contributed by atoms with van der Waals surface area (Å²) < 4.78 is 0. The van der Waals surface area contributed by atoms with Crippen molar-refractivity contribution in [3.05, 3.63) is 0 Å². The van der Waals surface area contributed by atoms with Gasteiger partial charge in [-0.15, -0.1) is 0 Å². The normalized spacial score (nSPS) is 13.2. The van der Waals surface area contributed by atoms with Crippen LogP contribution in [0.15, 0.2) is 0 Å². The van der Waals surface area contributed by atoms with Crippen LogP contribution in [0, 0.1) is 5.92 Å². The van der Waals surface area contributed by atoms with E-state index in [1.807, 2.05) is 27.7 Å². The van der Waals surface area contributed by atoms with Crippen molar-refractivity contribution in [2.24, 2.45) is 5.92 Å². The molecular formula is C8H17NO2. The predicted molar refractivity (Wildman–Crippen MR) is 43.8 cm³/mol. The lowest BCUT2D eigenvalue weighted by molar-refractivity contribution is -0.157. The highest BCUT2D eigenvalue weighted by atomic mass is 16.7. The number of carbonyl (C=O) groups is 1. The molecule has 0 amide bonds. The fraction of sp³-hybridized carbons (Fsp3) is 0.875. The predicted octanol–water partition coefficient (Wildman–Crippen LogP) is 1.49. The highest BCUT2D eigenvalue weighted by Crippen LogP contribution is 2.01. The van der Waals surface area contributed by atoms with Crippen molar-refractivity contribution in [2.45, 2.75) is 40.2 Å². The minimum atomic E-state index is -0.179. The number of hydrogen-bond donors (Lipinski definition) is 1. The van der Waals surface area contributed by atoms with Crippen LogP contribution in [0.3, 0.4) is 0 Å². The zero-order valence-electron chi connectivity index (χ0n) is 7.68. The van der Waals surface area contributed by atoms with Gasteiger partial charge in [-0.3, -0.25) is 4.79 Å². The Morgan fingerprint density at radius 2 is 2.00 bits per heavy atom. The number of nitrogens with one attached hydrogen (secondary N) is 1. The molecule has 0 aliphatic carbocycles. The Bertz CT molecular complexity index is 123. The Balaban J connectivity index is 3.52. The van der Waals surface area contributed by atoms with E-state index < -0.39 is 0 Å². The van der Waals surface area contributed by atoms with Gasteiger partial charge in [0.25, 0.3) is 0 Å². The van der Waals surface area contributed by atoms with Crippen molar-refractivity contribution in [3.63, 3.8) is 0 Å². The Labute approximate surface area is 68.1 Å². The molecule has 3 nitrogen and oxygen atoms in total. The van der Waals surface area contributed by atoms with Gasteiger partial charge in [0.05, 0.1) is 5.92 Å². The van der Waals surface area contributed by atoms with Gasteiger partial charge in [0, 0.05) is 6.04 Å². The molecule has 11 heavy (non-hydrogen) atoms. The molecule has 0 bridgehead atoms. The van der Waals surface area contributed by atoms with Gasteiger partial charge >= 0.3 is 5.97 Å². The lowest BCUT2D eigenvalue weighted by atomic mass is 10.1. The standard InChI is InChI=1S/C8H17NO2/c1-5-7(4)8(10)11-9-6(2)3/h6-7,9H,5H2,1-4H3. The fourth-order valence-electron chi connectivity index (χ4n) is 0.443. The van der Waals surface area contributed by atoms with Crippen LogP contribution in [0.4, 0.5) is 0 Å². The van der Waals surface area contributed by atoms with Crippen molar-refractivity contribution in [2.75, 3.05) is 0 Å². The smallest absolute Gasteiger partial charge is 0.327 e. The summed E-state index contributed by atoms with van der Waals surface area (Å²) in [5.74, 6) is -0.192. The maximum absolute atomic E-state index is 11.0. The van der Waals surface area contributed by atoms with Gasteiger partial charge in [0.15, 0.2) is 0 Å². The van der Waals surface area contributed by atoms with Crippen molar-refractivity contribution >= 4 is 5.97 Å². The molecule has 66 valence electrons. The van der Waals surface area contributed by atoms with Gasteiger partial charge < -0.3 is 4.84 Å². The van der Waals surface area contributed by atoms with Crippen LogP contribution < -0.4 is 5.48 Å². The Hall–Kier alpha value is -0.570. The van der Waals surface area contributed by atoms with Crippen LogP contribution >= 0.6 is 0 Å². The van der Waals surface area contributed by atoms with Crippen LogP contribution in [0.25, 0.3) is 0 Å². The Morgan fingerprint density at radius 1 is 1.45 bits per heavy atom. The van der Waals surface area contributed by atoms with E-state index in [4.69, 9.17) is 4.84 Å². The minimum absolute atomic E-state index is 0.0127. The van der Waals surface area contributed by atoms with Gasteiger partial charge in [-0.25, -0.2) is 0 Å². The summed E-state index contributed by atoms with van der Waals surface area (Å²) in [7, 11) is 0. The van der Waals surface area contributed by atoms with E-state index in [1.54, 1.807) is 0 Å². The summed E-state index contributed by atoms with van der Waals surface area (Å²) in [5, 5.41) is 0. The molecule has 0 radical (unpaired) electrons. The molecular weight excluding hydrogens is 142 g/mol. The topological polar surface area (TPSA) is 38.3 Å². The molecule has 1 unspecified atom stereocenters. The van der Waals surface area contributed by atoms with Gasteiger partial charge in [-0.05, 0) is 20.3 Å². The third kappa shape index (κ3) is 4.79. The van der Waals surface area contributed by atoms with Crippen LogP contribution in [0.5, 0.6) is 0 Å². The van der Waals surface area contributed by atoms with Gasteiger partial charge in [-0.2, -0.15) is 5.48 Å². The second kappa shape index (κ2) is 5.13. The van der Waals surface area contributed by atoms with E-state index in [1.165, 1.54) is 0 Å². The van der Waals surface area contributed by atoms with Crippen LogP contribution in [-0.4, -0.2) is 12.0 Å². The zero-order chi connectivity index (χ0) is 8.85. The van der Waals surface area contributed by atoms with Gasteiger partial charge in [0.2, 0.25) is 0 Å². The van der Waals surface area contributed by atoms with E-state index >= 15 is 0 Å². The molecule has 1 atom stereocenters. The second-order valence-electron chi connectivity index (χ2n) is 3.00. The molecule has 3 heteroatoms. The molecule has 0 heterocycles. The van der Waals surface area contributed by atoms with E-state index in [0.717, 1.165) is 6.42 Å². The third-order valence-corrected chi connectivity index (χ3v) is 1.41.